The number of ether oxygens (including phenoxy) is 1. The molecule has 2 saturated carbocycles. The lowest BCUT2D eigenvalue weighted by atomic mass is 10.1. The van der Waals surface area contributed by atoms with Crippen molar-refractivity contribution in [2.24, 2.45) is 5.92 Å². The molecule has 2 aliphatic rings. The molecule has 0 unspecified atom stereocenters. The second-order valence-corrected chi connectivity index (χ2v) is 9.79. The number of nitrogens with zero attached hydrogens (tertiary/aromatic N) is 2. The fourth-order valence-electron chi connectivity index (χ4n) is 4.83. The van der Waals surface area contributed by atoms with Crippen molar-refractivity contribution in [2.75, 3.05) is 6.61 Å². The van der Waals surface area contributed by atoms with Gasteiger partial charge in [-0.15, -0.1) is 0 Å². The second kappa shape index (κ2) is 9.28. The summed E-state index contributed by atoms with van der Waals surface area (Å²) in [7, 11) is 0. The SMILES string of the molecule is CC(=O)N[C@@H]1C[C@@H](F)[C@H](NC(=O)c2c(C)[nH]c3c(-c4cc(C)ccc4OCC4CC4)ncnc23)C1. The molecule has 0 radical (unpaired) electrons. The van der Waals surface area contributed by atoms with E-state index < -0.39 is 18.1 Å². The lowest BCUT2D eigenvalue weighted by Crippen LogP contribution is -2.39. The maximum Gasteiger partial charge on any atom is 0.255 e. The molecule has 3 atom stereocenters. The van der Waals surface area contributed by atoms with Crippen molar-refractivity contribution in [3.8, 4) is 17.0 Å². The van der Waals surface area contributed by atoms with E-state index in [1.807, 2.05) is 25.1 Å². The maximum atomic E-state index is 14.6. The summed E-state index contributed by atoms with van der Waals surface area (Å²) in [5.41, 5.74) is 4.66. The van der Waals surface area contributed by atoms with Crippen molar-refractivity contribution < 1.29 is 18.7 Å². The van der Waals surface area contributed by atoms with Gasteiger partial charge in [-0.3, -0.25) is 9.59 Å². The molecule has 2 aliphatic carbocycles. The van der Waals surface area contributed by atoms with Crippen molar-refractivity contribution in [1.82, 2.24) is 25.6 Å². The Morgan fingerprint density at radius 2 is 1.97 bits per heavy atom. The molecule has 2 aromatic heterocycles. The average molecular weight is 480 g/mol. The van der Waals surface area contributed by atoms with Crippen LogP contribution in [-0.2, 0) is 4.79 Å². The fourth-order valence-corrected chi connectivity index (χ4v) is 4.83. The molecule has 0 bridgehead atoms. The van der Waals surface area contributed by atoms with Crippen LogP contribution in [0.1, 0.15) is 54.2 Å². The smallest absolute Gasteiger partial charge is 0.255 e. The average Bonchev–Trinajstić information content (AvgIpc) is 3.48. The van der Waals surface area contributed by atoms with Crippen molar-refractivity contribution >= 4 is 22.8 Å². The highest BCUT2D eigenvalue weighted by Crippen LogP contribution is 2.37. The zero-order valence-electron chi connectivity index (χ0n) is 20.2. The van der Waals surface area contributed by atoms with Crippen LogP contribution >= 0.6 is 0 Å². The summed E-state index contributed by atoms with van der Waals surface area (Å²) >= 11 is 0. The van der Waals surface area contributed by atoms with Gasteiger partial charge in [-0.25, -0.2) is 14.4 Å². The van der Waals surface area contributed by atoms with E-state index in [9.17, 15) is 14.0 Å². The quantitative estimate of drug-likeness (QED) is 0.478. The predicted octanol–water partition coefficient (Wildman–Crippen LogP) is 3.77. The number of benzene rings is 1. The second-order valence-electron chi connectivity index (χ2n) is 9.79. The third-order valence-electron chi connectivity index (χ3n) is 6.77. The number of nitrogens with one attached hydrogen (secondary N) is 3. The van der Waals surface area contributed by atoms with Crippen LogP contribution in [0.3, 0.4) is 0 Å². The molecule has 3 N–H and O–H groups in total. The van der Waals surface area contributed by atoms with Gasteiger partial charge < -0.3 is 20.4 Å². The molecule has 0 aliphatic heterocycles. The molecular formula is C26H30FN5O3. The Morgan fingerprint density at radius 3 is 2.71 bits per heavy atom. The number of aromatic nitrogens is 3. The molecule has 2 heterocycles. The van der Waals surface area contributed by atoms with Gasteiger partial charge in [0.2, 0.25) is 5.91 Å². The van der Waals surface area contributed by atoms with Gasteiger partial charge in [-0.05, 0) is 51.2 Å². The highest BCUT2D eigenvalue weighted by molar-refractivity contribution is 6.09. The molecule has 2 fully saturated rings. The van der Waals surface area contributed by atoms with Gasteiger partial charge in [-0.2, -0.15) is 0 Å². The normalized spacial score (nSPS) is 21.8. The Kier molecular flexibility index (Phi) is 6.17. The van der Waals surface area contributed by atoms with Gasteiger partial charge in [0.15, 0.2) is 0 Å². The van der Waals surface area contributed by atoms with Crippen LogP contribution in [0.2, 0.25) is 0 Å². The van der Waals surface area contributed by atoms with Crippen molar-refractivity contribution in [2.45, 2.75) is 64.7 Å². The first-order chi connectivity index (χ1) is 16.8. The zero-order chi connectivity index (χ0) is 24.7. The number of aryl methyl sites for hydroxylation is 2. The first-order valence-electron chi connectivity index (χ1n) is 12.1. The van der Waals surface area contributed by atoms with Gasteiger partial charge in [0.25, 0.3) is 5.91 Å². The first-order valence-corrected chi connectivity index (χ1v) is 12.1. The van der Waals surface area contributed by atoms with E-state index in [0.717, 1.165) is 16.9 Å². The van der Waals surface area contributed by atoms with E-state index in [4.69, 9.17) is 4.74 Å². The molecule has 184 valence electrons. The zero-order valence-corrected chi connectivity index (χ0v) is 20.2. The third kappa shape index (κ3) is 4.85. The molecule has 8 nitrogen and oxygen atoms in total. The highest BCUT2D eigenvalue weighted by atomic mass is 19.1. The number of alkyl halides is 1. The molecule has 9 heteroatoms. The minimum atomic E-state index is -1.23. The number of hydrogen-bond donors (Lipinski definition) is 3. The Morgan fingerprint density at radius 1 is 1.17 bits per heavy atom. The molecule has 5 rings (SSSR count). The molecule has 0 saturated heterocycles. The number of H-pyrrole nitrogens is 1. The molecular weight excluding hydrogens is 449 g/mol. The Hall–Kier alpha value is -3.49. The van der Waals surface area contributed by atoms with Gasteiger partial charge in [0, 0.05) is 30.6 Å². The highest BCUT2D eigenvalue weighted by Gasteiger charge is 2.36. The summed E-state index contributed by atoms with van der Waals surface area (Å²) in [5.74, 6) is 0.750. The van der Waals surface area contributed by atoms with Crippen LogP contribution in [0, 0.1) is 19.8 Å². The van der Waals surface area contributed by atoms with Crippen LogP contribution in [0.5, 0.6) is 5.75 Å². The van der Waals surface area contributed by atoms with Gasteiger partial charge in [0.1, 0.15) is 29.5 Å². The number of fused-ring (bicyclic) bond motifs is 1. The maximum absolute atomic E-state index is 14.6. The van der Waals surface area contributed by atoms with Gasteiger partial charge in [-0.1, -0.05) is 11.6 Å². The molecule has 1 aromatic carbocycles. The van der Waals surface area contributed by atoms with Crippen LogP contribution < -0.4 is 15.4 Å². The van der Waals surface area contributed by atoms with Crippen LogP contribution in [0.4, 0.5) is 4.39 Å². The minimum Gasteiger partial charge on any atom is -0.493 e. The van der Waals surface area contributed by atoms with Crippen LogP contribution in [-0.4, -0.2) is 51.6 Å². The first kappa shape index (κ1) is 23.3. The number of hydrogen-bond acceptors (Lipinski definition) is 5. The molecule has 3 aromatic rings. The summed E-state index contributed by atoms with van der Waals surface area (Å²) in [6, 6.07) is 5.02. The standard InChI is InChI=1S/C26H30FN5O3/c1-13-4-7-21(35-11-16-5-6-16)18(8-13)23-25-24(29-12-28-23)22(14(2)30-25)26(34)32-20-10-17(9-19(20)27)31-15(3)33/h4,7-8,12,16-17,19-20,30H,5-6,9-11H2,1-3H3,(H,31,33)(H,32,34)/t17-,19-,20-/m1/s1. The van der Waals surface area contributed by atoms with E-state index >= 15 is 0 Å². The number of amides is 2. The monoisotopic (exact) mass is 479 g/mol. The summed E-state index contributed by atoms with van der Waals surface area (Å²) in [5, 5.41) is 5.56. The predicted molar refractivity (Wildman–Crippen MR) is 130 cm³/mol. The van der Waals surface area contributed by atoms with E-state index in [1.165, 1.54) is 26.1 Å². The number of carbonyl (C=O) groups excluding carboxylic acids is 2. The molecule has 2 amide bonds. The van der Waals surface area contributed by atoms with E-state index in [1.54, 1.807) is 6.92 Å². The van der Waals surface area contributed by atoms with E-state index in [0.29, 0.717) is 46.9 Å². The Labute approximate surface area is 203 Å². The molecule has 35 heavy (non-hydrogen) atoms. The summed E-state index contributed by atoms with van der Waals surface area (Å²) in [6.07, 6.45) is 3.12. The van der Waals surface area contributed by atoms with Gasteiger partial charge >= 0.3 is 0 Å². The minimum absolute atomic E-state index is 0.181. The summed E-state index contributed by atoms with van der Waals surface area (Å²) < 4.78 is 20.7. The van der Waals surface area contributed by atoms with Crippen molar-refractivity contribution in [3.05, 3.63) is 41.3 Å². The lowest BCUT2D eigenvalue weighted by molar-refractivity contribution is -0.119. The lowest BCUT2D eigenvalue weighted by Gasteiger charge is -2.15. The van der Waals surface area contributed by atoms with Crippen molar-refractivity contribution in [3.63, 3.8) is 0 Å². The van der Waals surface area contributed by atoms with Crippen LogP contribution in [0.25, 0.3) is 22.3 Å². The summed E-state index contributed by atoms with van der Waals surface area (Å²) in [6.45, 7) is 5.88. The van der Waals surface area contributed by atoms with Gasteiger partial charge in [0.05, 0.1) is 23.7 Å². The number of carbonyl (C=O) groups is 2. The molecule has 0 spiro atoms. The Balaban J connectivity index is 1.45. The Bertz CT molecular complexity index is 1290. The largest absolute Gasteiger partial charge is 0.493 e. The number of rotatable bonds is 7. The number of aromatic amines is 1. The third-order valence-corrected chi connectivity index (χ3v) is 6.77. The number of halogens is 1. The van der Waals surface area contributed by atoms with Crippen LogP contribution in [0.15, 0.2) is 24.5 Å². The van der Waals surface area contributed by atoms with Crippen molar-refractivity contribution in [1.29, 1.82) is 0 Å². The summed E-state index contributed by atoms with van der Waals surface area (Å²) in [4.78, 5) is 36.8. The van der Waals surface area contributed by atoms with E-state index in [2.05, 4.69) is 25.6 Å². The fraction of sp³-hybridized carbons (Fsp3) is 0.462. The van der Waals surface area contributed by atoms with E-state index in [-0.39, 0.29) is 18.4 Å². The topological polar surface area (TPSA) is 109 Å².